The molecule has 6 nitrogen and oxygen atoms in total. The van der Waals surface area contributed by atoms with Crippen molar-refractivity contribution >= 4 is 33.4 Å². The number of fused-ring (bicyclic) bond motifs is 1. The molecular formula is C18H24N2O4S. The Kier molecular flexibility index (Phi) is 7.18. The fourth-order valence-electron chi connectivity index (χ4n) is 2.43. The predicted molar refractivity (Wildman–Crippen MR) is 97.7 cm³/mol. The van der Waals surface area contributed by atoms with E-state index in [2.05, 4.69) is 4.99 Å². The molecule has 0 spiro atoms. The zero-order chi connectivity index (χ0) is 18.2. The maximum atomic E-state index is 12.1. The summed E-state index contributed by atoms with van der Waals surface area (Å²) in [6.07, 6.45) is 2.14. The number of hydrogen-bond acceptors (Lipinski definition) is 5. The van der Waals surface area contributed by atoms with Crippen LogP contribution in [0.4, 0.5) is 0 Å². The van der Waals surface area contributed by atoms with Crippen molar-refractivity contribution in [1.82, 2.24) is 4.57 Å². The molecule has 0 radical (unpaired) electrons. The van der Waals surface area contributed by atoms with Crippen molar-refractivity contribution in [2.45, 2.75) is 46.6 Å². The summed E-state index contributed by atoms with van der Waals surface area (Å²) < 4.78 is 13.4. The van der Waals surface area contributed by atoms with Crippen LogP contribution in [-0.2, 0) is 20.9 Å². The lowest BCUT2D eigenvalue weighted by atomic mass is 10.2. The van der Waals surface area contributed by atoms with Crippen LogP contribution in [0.25, 0.3) is 10.2 Å². The highest BCUT2D eigenvalue weighted by Gasteiger charge is 2.15. The number of esters is 1. The van der Waals surface area contributed by atoms with Gasteiger partial charge in [-0.3, -0.25) is 9.59 Å². The lowest BCUT2D eigenvalue weighted by Crippen LogP contribution is -2.23. The highest BCUT2D eigenvalue weighted by Crippen LogP contribution is 2.27. The predicted octanol–water partition coefficient (Wildman–Crippen LogP) is 3.28. The number of thiazole rings is 1. The maximum absolute atomic E-state index is 12.1. The van der Waals surface area contributed by atoms with Gasteiger partial charge in [0, 0.05) is 6.42 Å². The molecule has 1 heterocycles. The van der Waals surface area contributed by atoms with Crippen LogP contribution in [-0.4, -0.2) is 29.7 Å². The maximum Gasteiger partial charge on any atom is 0.326 e. The van der Waals surface area contributed by atoms with Crippen molar-refractivity contribution < 1.29 is 19.1 Å². The third-order valence-corrected chi connectivity index (χ3v) is 4.56. The zero-order valence-corrected chi connectivity index (χ0v) is 15.7. The molecular weight excluding hydrogens is 340 g/mol. The molecule has 1 aromatic carbocycles. The monoisotopic (exact) mass is 364 g/mol. The van der Waals surface area contributed by atoms with E-state index in [9.17, 15) is 9.59 Å². The minimum Gasteiger partial charge on any atom is -0.492 e. The molecule has 0 fully saturated rings. The summed E-state index contributed by atoms with van der Waals surface area (Å²) in [6, 6.07) is 5.67. The topological polar surface area (TPSA) is 69.9 Å². The van der Waals surface area contributed by atoms with E-state index in [1.165, 1.54) is 11.3 Å². The van der Waals surface area contributed by atoms with E-state index in [0.717, 1.165) is 23.1 Å². The highest BCUT2D eigenvalue weighted by molar-refractivity contribution is 7.16. The Hall–Kier alpha value is -2.15. The Morgan fingerprint density at radius 1 is 1.20 bits per heavy atom. The van der Waals surface area contributed by atoms with Crippen LogP contribution < -0.4 is 9.54 Å². The second-order valence-corrected chi connectivity index (χ2v) is 6.43. The van der Waals surface area contributed by atoms with Gasteiger partial charge in [-0.05, 0) is 32.4 Å². The minimum absolute atomic E-state index is 0.00216. The smallest absolute Gasteiger partial charge is 0.326 e. The zero-order valence-electron chi connectivity index (χ0n) is 14.9. The Balaban J connectivity index is 2.55. The fraction of sp³-hybridized carbons (Fsp3) is 0.500. The number of carbonyl (C=O) groups excluding carboxylic acids is 2. The van der Waals surface area contributed by atoms with E-state index in [0.29, 0.717) is 30.2 Å². The number of ether oxygens (including phenoxy) is 2. The van der Waals surface area contributed by atoms with E-state index in [1.54, 1.807) is 11.5 Å². The van der Waals surface area contributed by atoms with Gasteiger partial charge < -0.3 is 14.0 Å². The number of para-hydroxylation sites is 1. The van der Waals surface area contributed by atoms with Gasteiger partial charge in [0.2, 0.25) is 5.91 Å². The van der Waals surface area contributed by atoms with Gasteiger partial charge in [0.05, 0.1) is 17.9 Å². The molecule has 0 bridgehead atoms. The molecule has 0 aliphatic carbocycles. The van der Waals surface area contributed by atoms with Crippen molar-refractivity contribution in [1.29, 1.82) is 0 Å². The van der Waals surface area contributed by atoms with Gasteiger partial charge in [0.25, 0.3) is 0 Å². The Labute approximate surface area is 151 Å². The number of carbonyl (C=O) groups is 2. The first-order chi connectivity index (χ1) is 12.1. The number of unbranched alkanes of at least 4 members (excludes halogenated alkanes) is 1. The van der Waals surface area contributed by atoms with Crippen LogP contribution in [0.1, 0.15) is 40.0 Å². The second-order valence-electron chi connectivity index (χ2n) is 5.42. The minimum atomic E-state index is -0.365. The summed E-state index contributed by atoms with van der Waals surface area (Å²) >= 11 is 1.37. The standard InChI is InChI=1S/C18H24N2O4S/c1-4-7-11-15(21)19-18-20(12-16(22)24-6-3)17-13(23-5-2)9-8-10-14(17)25-18/h8-10H,4-7,11-12H2,1-3H3. The van der Waals surface area contributed by atoms with Crippen molar-refractivity contribution in [3.05, 3.63) is 23.0 Å². The average molecular weight is 364 g/mol. The van der Waals surface area contributed by atoms with Crippen molar-refractivity contribution in [2.75, 3.05) is 13.2 Å². The second kappa shape index (κ2) is 9.36. The molecule has 0 atom stereocenters. The Morgan fingerprint density at radius 3 is 2.68 bits per heavy atom. The quantitative estimate of drug-likeness (QED) is 0.674. The van der Waals surface area contributed by atoms with Gasteiger partial charge >= 0.3 is 5.97 Å². The van der Waals surface area contributed by atoms with E-state index in [1.807, 2.05) is 32.0 Å². The lowest BCUT2D eigenvalue weighted by molar-refractivity contribution is -0.143. The molecule has 1 amide bonds. The summed E-state index contributed by atoms with van der Waals surface area (Å²) in [5.74, 6) is 0.128. The largest absolute Gasteiger partial charge is 0.492 e. The SMILES string of the molecule is CCCCC(=O)N=c1sc2cccc(OCC)c2n1CC(=O)OCC. The first-order valence-electron chi connectivity index (χ1n) is 8.59. The van der Waals surface area contributed by atoms with Crippen molar-refractivity contribution in [3.8, 4) is 5.75 Å². The summed E-state index contributed by atoms with van der Waals surface area (Å²) in [5.41, 5.74) is 0.768. The normalized spacial score (nSPS) is 11.7. The molecule has 0 aliphatic heterocycles. The number of hydrogen-bond donors (Lipinski definition) is 0. The number of benzene rings is 1. The first-order valence-corrected chi connectivity index (χ1v) is 9.40. The molecule has 0 saturated heterocycles. The number of nitrogens with zero attached hydrogens (tertiary/aromatic N) is 2. The number of aromatic nitrogens is 1. The third kappa shape index (κ3) is 4.92. The van der Waals surface area contributed by atoms with Crippen molar-refractivity contribution in [3.63, 3.8) is 0 Å². The molecule has 0 N–H and O–H groups in total. The number of rotatable bonds is 8. The molecule has 2 aromatic rings. The summed E-state index contributed by atoms with van der Waals surface area (Å²) in [6.45, 7) is 6.51. The van der Waals surface area contributed by atoms with E-state index in [-0.39, 0.29) is 18.4 Å². The van der Waals surface area contributed by atoms with E-state index >= 15 is 0 Å². The van der Waals surface area contributed by atoms with Crippen LogP contribution >= 0.6 is 11.3 Å². The molecule has 0 aliphatic rings. The van der Waals surface area contributed by atoms with E-state index in [4.69, 9.17) is 9.47 Å². The molecule has 0 unspecified atom stereocenters. The van der Waals surface area contributed by atoms with Crippen LogP contribution in [0.5, 0.6) is 5.75 Å². The first kappa shape index (κ1) is 19.2. The van der Waals surface area contributed by atoms with Crippen molar-refractivity contribution in [2.24, 2.45) is 4.99 Å². The average Bonchev–Trinajstić information content (AvgIpc) is 2.91. The van der Waals surface area contributed by atoms with Crippen LogP contribution in [0.3, 0.4) is 0 Å². The Bertz CT molecular complexity index is 807. The molecule has 25 heavy (non-hydrogen) atoms. The van der Waals surface area contributed by atoms with Crippen LogP contribution in [0.2, 0.25) is 0 Å². The summed E-state index contributed by atoms with van der Waals surface area (Å²) in [4.78, 5) is 28.9. The van der Waals surface area contributed by atoms with Crippen LogP contribution in [0.15, 0.2) is 23.2 Å². The highest BCUT2D eigenvalue weighted by atomic mass is 32.1. The molecule has 1 aromatic heterocycles. The van der Waals surface area contributed by atoms with Gasteiger partial charge in [0.15, 0.2) is 4.80 Å². The van der Waals surface area contributed by atoms with Gasteiger partial charge in [-0.2, -0.15) is 4.99 Å². The van der Waals surface area contributed by atoms with Gasteiger partial charge in [-0.1, -0.05) is 30.7 Å². The van der Waals surface area contributed by atoms with Gasteiger partial charge in [0.1, 0.15) is 17.8 Å². The third-order valence-electron chi connectivity index (χ3n) is 3.52. The fourth-order valence-corrected chi connectivity index (χ4v) is 3.49. The molecule has 2 rings (SSSR count). The molecule has 0 saturated carbocycles. The van der Waals surface area contributed by atoms with Gasteiger partial charge in [-0.25, -0.2) is 0 Å². The number of amides is 1. The molecule has 136 valence electrons. The van der Waals surface area contributed by atoms with Crippen LogP contribution in [0, 0.1) is 0 Å². The lowest BCUT2D eigenvalue weighted by Gasteiger charge is -2.09. The van der Waals surface area contributed by atoms with Gasteiger partial charge in [-0.15, -0.1) is 0 Å². The molecule has 7 heteroatoms. The Morgan fingerprint density at radius 2 is 2.00 bits per heavy atom. The van der Waals surface area contributed by atoms with E-state index < -0.39 is 0 Å². The summed E-state index contributed by atoms with van der Waals surface area (Å²) in [7, 11) is 0. The summed E-state index contributed by atoms with van der Waals surface area (Å²) in [5, 5.41) is 0.